The van der Waals surface area contributed by atoms with E-state index in [0.717, 1.165) is 11.4 Å². The van der Waals surface area contributed by atoms with Gasteiger partial charge in [0.1, 0.15) is 0 Å². The van der Waals surface area contributed by atoms with Crippen molar-refractivity contribution in [1.82, 2.24) is 9.13 Å². The van der Waals surface area contributed by atoms with Gasteiger partial charge in [-0.1, -0.05) is 152 Å². The second-order valence-electron chi connectivity index (χ2n) is 12.9. The van der Waals surface area contributed by atoms with E-state index in [4.69, 9.17) is 0 Å². The van der Waals surface area contributed by atoms with E-state index in [0.29, 0.717) is 0 Å². The van der Waals surface area contributed by atoms with Gasteiger partial charge in [-0.15, -0.1) is 0 Å². The Bertz CT molecular complexity index is 2810. The Kier molecular flexibility index (Phi) is 6.53. The van der Waals surface area contributed by atoms with E-state index in [1.54, 1.807) is 0 Å². The average Bonchev–Trinajstić information content (AvgIpc) is 3.72. The number of nitrogens with zero attached hydrogens (tertiary/aromatic N) is 2. The zero-order chi connectivity index (χ0) is 33.0. The molecule has 0 atom stereocenters. The van der Waals surface area contributed by atoms with Gasteiger partial charge >= 0.3 is 0 Å². The summed E-state index contributed by atoms with van der Waals surface area (Å²) >= 11 is 0. The van der Waals surface area contributed by atoms with Gasteiger partial charge in [-0.2, -0.15) is 0 Å². The lowest BCUT2D eigenvalue weighted by Crippen LogP contribution is -1.95. The molecule has 10 rings (SSSR count). The number of rotatable bonds is 5. The summed E-state index contributed by atoms with van der Waals surface area (Å²) in [4.78, 5) is 0. The van der Waals surface area contributed by atoms with Crippen LogP contribution in [0.1, 0.15) is 0 Å². The van der Waals surface area contributed by atoms with Crippen LogP contribution in [0.3, 0.4) is 0 Å². The molecule has 2 heteroatoms. The van der Waals surface area contributed by atoms with E-state index in [9.17, 15) is 0 Å². The molecule has 8 aromatic carbocycles. The fraction of sp³-hybridized carbons (Fsp3) is 0. The number of hydrogen-bond acceptors (Lipinski definition) is 0. The Morgan fingerprint density at radius 3 is 1.44 bits per heavy atom. The summed E-state index contributed by atoms with van der Waals surface area (Å²) in [5, 5.41) is 5.03. The molecule has 0 aliphatic carbocycles. The number of benzene rings is 8. The van der Waals surface area contributed by atoms with Crippen LogP contribution in [0.2, 0.25) is 0 Å². The minimum Gasteiger partial charge on any atom is -0.309 e. The van der Waals surface area contributed by atoms with Crippen molar-refractivity contribution >= 4 is 43.6 Å². The molecule has 0 saturated carbocycles. The summed E-state index contributed by atoms with van der Waals surface area (Å²) in [5.74, 6) is 0. The summed E-state index contributed by atoms with van der Waals surface area (Å²) in [7, 11) is 0. The molecule has 0 unspecified atom stereocenters. The first-order valence-corrected chi connectivity index (χ1v) is 17.2. The molecule has 234 valence electrons. The van der Waals surface area contributed by atoms with Crippen LogP contribution in [0.4, 0.5) is 0 Å². The Hall–Kier alpha value is -6.64. The largest absolute Gasteiger partial charge is 0.309 e. The van der Waals surface area contributed by atoms with Crippen molar-refractivity contribution in [1.29, 1.82) is 0 Å². The Morgan fingerprint density at radius 2 is 0.760 bits per heavy atom. The predicted molar refractivity (Wildman–Crippen MR) is 211 cm³/mol. The predicted octanol–water partition coefficient (Wildman–Crippen LogP) is 12.9. The zero-order valence-electron chi connectivity index (χ0n) is 27.4. The van der Waals surface area contributed by atoms with Gasteiger partial charge in [0, 0.05) is 32.9 Å². The lowest BCUT2D eigenvalue weighted by molar-refractivity contribution is 1.17. The van der Waals surface area contributed by atoms with Crippen molar-refractivity contribution < 1.29 is 0 Å². The number of fused-ring (bicyclic) bond motifs is 7. The monoisotopic (exact) mass is 636 g/mol. The molecule has 2 nitrogen and oxygen atoms in total. The summed E-state index contributed by atoms with van der Waals surface area (Å²) in [5.41, 5.74) is 14.4. The van der Waals surface area contributed by atoms with Crippen molar-refractivity contribution in [3.05, 3.63) is 194 Å². The van der Waals surface area contributed by atoms with Gasteiger partial charge in [-0.05, 0) is 75.8 Å². The average molecular weight is 637 g/mol. The van der Waals surface area contributed by atoms with Gasteiger partial charge in [0.15, 0.2) is 0 Å². The maximum Gasteiger partial charge on any atom is 0.0641 e. The smallest absolute Gasteiger partial charge is 0.0641 e. The van der Waals surface area contributed by atoms with Crippen LogP contribution in [-0.4, -0.2) is 9.13 Å². The van der Waals surface area contributed by atoms with Crippen LogP contribution < -0.4 is 0 Å². The molecule has 0 saturated heterocycles. The Morgan fingerprint density at radius 1 is 0.260 bits per heavy atom. The van der Waals surface area contributed by atoms with E-state index in [1.807, 2.05) is 0 Å². The summed E-state index contributed by atoms with van der Waals surface area (Å²) in [6.07, 6.45) is 0. The van der Waals surface area contributed by atoms with Gasteiger partial charge in [-0.3, -0.25) is 0 Å². The number of hydrogen-bond donors (Lipinski definition) is 0. The highest BCUT2D eigenvalue weighted by Gasteiger charge is 2.22. The molecule has 0 spiro atoms. The van der Waals surface area contributed by atoms with Gasteiger partial charge in [0.25, 0.3) is 0 Å². The molecular weight excluding hydrogens is 605 g/mol. The normalized spacial score (nSPS) is 11.6. The third kappa shape index (κ3) is 4.43. The molecule has 50 heavy (non-hydrogen) atoms. The van der Waals surface area contributed by atoms with Crippen LogP contribution in [0.25, 0.3) is 88.4 Å². The second-order valence-corrected chi connectivity index (χ2v) is 12.9. The van der Waals surface area contributed by atoms with Gasteiger partial charge < -0.3 is 9.13 Å². The third-order valence-electron chi connectivity index (χ3n) is 10.1. The third-order valence-corrected chi connectivity index (χ3v) is 10.1. The lowest BCUT2D eigenvalue weighted by atomic mass is 9.98. The van der Waals surface area contributed by atoms with Crippen molar-refractivity contribution in [2.24, 2.45) is 0 Å². The highest BCUT2D eigenvalue weighted by molar-refractivity contribution is 6.28. The van der Waals surface area contributed by atoms with Crippen LogP contribution >= 0.6 is 0 Å². The molecule has 0 amide bonds. The molecule has 0 aliphatic rings. The van der Waals surface area contributed by atoms with Gasteiger partial charge in [-0.25, -0.2) is 0 Å². The van der Waals surface area contributed by atoms with Gasteiger partial charge in [0.2, 0.25) is 0 Å². The number of aromatic nitrogens is 2. The molecule has 0 radical (unpaired) electrons. The highest BCUT2D eigenvalue weighted by atomic mass is 15.0. The van der Waals surface area contributed by atoms with Crippen molar-refractivity contribution in [2.45, 2.75) is 0 Å². The minimum absolute atomic E-state index is 1.14. The molecule has 2 aromatic heterocycles. The molecule has 10 aromatic rings. The van der Waals surface area contributed by atoms with Crippen LogP contribution in [0.15, 0.2) is 194 Å². The summed E-state index contributed by atoms with van der Waals surface area (Å²) < 4.78 is 4.91. The zero-order valence-corrected chi connectivity index (χ0v) is 27.4. The minimum atomic E-state index is 1.14. The van der Waals surface area contributed by atoms with E-state index in [2.05, 4.69) is 203 Å². The first-order chi connectivity index (χ1) is 24.8. The molecule has 0 N–H and O–H groups in total. The van der Waals surface area contributed by atoms with Crippen molar-refractivity contribution in [2.75, 3.05) is 0 Å². The van der Waals surface area contributed by atoms with E-state index in [-0.39, 0.29) is 0 Å². The molecule has 2 heterocycles. The van der Waals surface area contributed by atoms with E-state index < -0.39 is 0 Å². The topological polar surface area (TPSA) is 9.86 Å². The van der Waals surface area contributed by atoms with Crippen molar-refractivity contribution in [3.63, 3.8) is 0 Å². The van der Waals surface area contributed by atoms with Crippen LogP contribution in [0.5, 0.6) is 0 Å². The molecule has 0 aliphatic heterocycles. The van der Waals surface area contributed by atoms with Crippen LogP contribution in [0, 0.1) is 0 Å². The fourth-order valence-electron chi connectivity index (χ4n) is 7.87. The van der Waals surface area contributed by atoms with E-state index in [1.165, 1.54) is 77.0 Å². The Labute approximate surface area is 290 Å². The molecule has 0 bridgehead atoms. The SMILES string of the molecule is c1ccc(-c2ccc(-c3ccc(-n4c5ccccc5c5ccc6c(c7c(-c8ccccc8)cccc7n6-c6ccccc6)c54)cc3)cc2)cc1. The van der Waals surface area contributed by atoms with E-state index >= 15 is 0 Å². The second kappa shape index (κ2) is 11.5. The molecule has 0 fully saturated rings. The molecular formula is C48H32N2. The maximum atomic E-state index is 2.48. The lowest BCUT2D eigenvalue weighted by Gasteiger charge is -2.12. The first-order valence-electron chi connectivity index (χ1n) is 17.2. The quantitative estimate of drug-likeness (QED) is 0.178. The maximum absolute atomic E-state index is 2.48. The first kappa shape index (κ1) is 28.4. The van der Waals surface area contributed by atoms with Crippen LogP contribution in [-0.2, 0) is 0 Å². The summed E-state index contributed by atoms with van der Waals surface area (Å²) in [6.45, 7) is 0. The fourth-order valence-corrected chi connectivity index (χ4v) is 7.87. The van der Waals surface area contributed by atoms with Gasteiger partial charge in [0.05, 0.1) is 22.1 Å². The Balaban J connectivity index is 1.24. The standard InChI is InChI=1S/C48H32N2/c1-4-13-33(14-5-1)34-23-25-35(26-24-34)36-27-29-39(30-28-36)50-43-21-11-10-19-41(43)42-31-32-45-47(48(42)50)46-40(37-15-6-2-7-16-37)20-12-22-44(46)49(45)38-17-8-3-9-18-38/h1-32H. The highest BCUT2D eigenvalue weighted by Crippen LogP contribution is 2.45. The number of para-hydroxylation sites is 2. The summed E-state index contributed by atoms with van der Waals surface area (Å²) in [6, 6.07) is 70.3. The van der Waals surface area contributed by atoms with Crippen molar-refractivity contribution in [3.8, 4) is 44.8 Å².